The van der Waals surface area contributed by atoms with Crippen molar-refractivity contribution in [1.29, 1.82) is 0 Å². The standard InChI is InChI=1S/C25H27N3O2S/c1-18-9-15-21(16-10-18)31(29,30)27(5)24-23(26-22-8-6-7-17-28(22)24)19-11-13-20(14-12-19)25(2,3)4/h6-17H,1-5H3. The molecule has 2 aromatic heterocycles. The van der Waals surface area contributed by atoms with Crippen molar-refractivity contribution in [2.24, 2.45) is 0 Å². The third-order valence-corrected chi connectivity index (χ3v) is 7.27. The van der Waals surface area contributed by atoms with E-state index in [1.54, 1.807) is 31.3 Å². The second-order valence-electron chi connectivity index (χ2n) is 8.83. The van der Waals surface area contributed by atoms with Crippen LogP contribution >= 0.6 is 0 Å². The molecule has 4 rings (SSSR count). The molecule has 0 atom stereocenters. The Bertz CT molecular complexity index is 1330. The molecule has 0 saturated heterocycles. The van der Waals surface area contributed by atoms with Crippen LogP contribution in [0.15, 0.2) is 77.8 Å². The molecule has 0 amide bonds. The molecule has 0 unspecified atom stereocenters. The first kappa shape index (κ1) is 21.1. The number of pyridine rings is 1. The molecule has 0 spiro atoms. The molecule has 0 fully saturated rings. The lowest BCUT2D eigenvalue weighted by Crippen LogP contribution is -2.28. The van der Waals surface area contributed by atoms with E-state index in [9.17, 15) is 8.42 Å². The Hall–Kier alpha value is -3.12. The lowest BCUT2D eigenvalue weighted by Gasteiger charge is -2.21. The highest BCUT2D eigenvalue weighted by Crippen LogP contribution is 2.35. The summed E-state index contributed by atoms with van der Waals surface area (Å²) >= 11 is 0. The lowest BCUT2D eigenvalue weighted by atomic mass is 9.86. The highest BCUT2D eigenvalue weighted by molar-refractivity contribution is 7.92. The van der Waals surface area contributed by atoms with E-state index in [1.165, 1.54) is 9.87 Å². The van der Waals surface area contributed by atoms with Crippen molar-refractivity contribution in [2.75, 3.05) is 11.4 Å². The number of hydrogen-bond acceptors (Lipinski definition) is 3. The Kier molecular flexibility index (Phi) is 5.13. The lowest BCUT2D eigenvalue weighted by molar-refractivity contribution is 0.590. The van der Waals surface area contributed by atoms with Crippen LogP contribution in [0, 0.1) is 6.92 Å². The maximum absolute atomic E-state index is 13.4. The summed E-state index contributed by atoms with van der Waals surface area (Å²) in [5.74, 6) is 0.514. The zero-order valence-electron chi connectivity index (χ0n) is 18.5. The number of aromatic nitrogens is 2. The number of fused-ring (bicyclic) bond motifs is 1. The van der Waals surface area contributed by atoms with Crippen LogP contribution in [0.5, 0.6) is 0 Å². The Morgan fingerprint density at radius 1 is 0.903 bits per heavy atom. The molecule has 160 valence electrons. The van der Waals surface area contributed by atoms with E-state index in [0.717, 1.165) is 11.1 Å². The second kappa shape index (κ2) is 7.54. The zero-order valence-corrected chi connectivity index (χ0v) is 19.3. The fraction of sp³-hybridized carbons (Fsp3) is 0.240. The van der Waals surface area contributed by atoms with Crippen LogP contribution in [0.2, 0.25) is 0 Å². The van der Waals surface area contributed by atoms with E-state index in [2.05, 4.69) is 32.9 Å². The van der Waals surface area contributed by atoms with Gasteiger partial charge in [-0.15, -0.1) is 0 Å². The highest BCUT2D eigenvalue weighted by Gasteiger charge is 2.28. The van der Waals surface area contributed by atoms with Gasteiger partial charge in [-0.2, -0.15) is 0 Å². The molecule has 0 bridgehead atoms. The number of sulfonamides is 1. The van der Waals surface area contributed by atoms with Gasteiger partial charge in [0.1, 0.15) is 11.3 Å². The monoisotopic (exact) mass is 433 g/mol. The summed E-state index contributed by atoms with van der Waals surface area (Å²) < 4.78 is 30.0. The molecule has 2 aromatic carbocycles. The Balaban J connectivity index is 1.88. The van der Waals surface area contributed by atoms with Crippen LogP contribution in [-0.4, -0.2) is 24.9 Å². The summed E-state index contributed by atoms with van der Waals surface area (Å²) in [4.78, 5) is 5.02. The molecule has 0 aliphatic heterocycles. The summed E-state index contributed by atoms with van der Waals surface area (Å²) in [6, 6.07) is 20.7. The van der Waals surface area contributed by atoms with Gasteiger partial charge in [0, 0.05) is 18.8 Å². The normalized spacial score (nSPS) is 12.3. The molecular weight excluding hydrogens is 406 g/mol. The molecule has 0 N–H and O–H groups in total. The van der Waals surface area contributed by atoms with E-state index < -0.39 is 10.0 Å². The molecule has 0 aliphatic carbocycles. The van der Waals surface area contributed by atoms with Crippen LogP contribution < -0.4 is 4.31 Å². The second-order valence-corrected chi connectivity index (χ2v) is 10.8. The smallest absolute Gasteiger partial charge is 0.265 e. The molecule has 0 radical (unpaired) electrons. The minimum absolute atomic E-state index is 0.0336. The number of imidazole rings is 1. The topological polar surface area (TPSA) is 54.7 Å². The predicted molar refractivity (Wildman–Crippen MR) is 126 cm³/mol. The van der Waals surface area contributed by atoms with Gasteiger partial charge >= 0.3 is 0 Å². The minimum atomic E-state index is -3.76. The van der Waals surface area contributed by atoms with Crippen LogP contribution in [0.25, 0.3) is 16.9 Å². The quantitative estimate of drug-likeness (QED) is 0.431. The van der Waals surface area contributed by atoms with Crippen molar-refractivity contribution >= 4 is 21.5 Å². The molecule has 4 aromatic rings. The van der Waals surface area contributed by atoms with Gasteiger partial charge < -0.3 is 0 Å². The Morgan fingerprint density at radius 3 is 2.16 bits per heavy atom. The Labute approximate surface area is 184 Å². The predicted octanol–water partition coefficient (Wildman–Crippen LogP) is 5.43. The van der Waals surface area contributed by atoms with E-state index in [4.69, 9.17) is 4.98 Å². The van der Waals surface area contributed by atoms with E-state index in [1.807, 2.05) is 47.9 Å². The number of nitrogens with zero attached hydrogens (tertiary/aromatic N) is 3. The minimum Gasteiger partial charge on any atom is -0.285 e. The fourth-order valence-corrected chi connectivity index (χ4v) is 4.79. The van der Waals surface area contributed by atoms with Crippen molar-refractivity contribution < 1.29 is 8.42 Å². The summed E-state index contributed by atoms with van der Waals surface area (Å²) in [6.07, 6.45) is 1.84. The largest absolute Gasteiger partial charge is 0.285 e. The third kappa shape index (κ3) is 3.83. The summed E-state index contributed by atoms with van der Waals surface area (Å²) in [5.41, 5.74) is 4.45. The number of aryl methyl sites for hydroxylation is 1. The van der Waals surface area contributed by atoms with Gasteiger partial charge in [-0.1, -0.05) is 68.8 Å². The van der Waals surface area contributed by atoms with Crippen molar-refractivity contribution in [2.45, 2.75) is 38.0 Å². The van der Waals surface area contributed by atoms with E-state index in [0.29, 0.717) is 17.2 Å². The first-order valence-corrected chi connectivity index (χ1v) is 11.7. The van der Waals surface area contributed by atoms with Crippen LogP contribution in [0.4, 0.5) is 5.82 Å². The number of rotatable bonds is 4. The molecule has 0 aliphatic rings. The van der Waals surface area contributed by atoms with Crippen molar-refractivity contribution in [1.82, 2.24) is 9.38 Å². The fourth-order valence-electron chi connectivity index (χ4n) is 3.59. The van der Waals surface area contributed by atoms with Gasteiger partial charge in [-0.3, -0.25) is 8.71 Å². The molecule has 6 heteroatoms. The molecule has 2 heterocycles. The molecular formula is C25H27N3O2S. The summed E-state index contributed by atoms with van der Waals surface area (Å²) in [7, 11) is -2.18. The van der Waals surface area contributed by atoms with Crippen LogP contribution in [0.3, 0.4) is 0 Å². The third-order valence-electron chi connectivity index (χ3n) is 5.51. The van der Waals surface area contributed by atoms with Crippen LogP contribution in [0.1, 0.15) is 31.9 Å². The van der Waals surface area contributed by atoms with Gasteiger partial charge in [-0.05, 0) is 42.2 Å². The molecule has 5 nitrogen and oxygen atoms in total. The van der Waals surface area contributed by atoms with Crippen molar-refractivity contribution in [3.8, 4) is 11.3 Å². The summed E-state index contributed by atoms with van der Waals surface area (Å²) in [6.45, 7) is 8.44. The average Bonchev–Trinajstić information content (AvgIpc) is 3.12. The van der Waals surface area contributed by atoms with Gasteiger partial charge in [0.15, 0.2) is 5.82 Å². The SMILES string of the molecule is Cc1ccc(S(=O)(=O)N(C)c2c(-c3ccc(C(C)(C)C)cc3)nc3ccccn23)cc1. The zero-order chi connectivity index (χ0) is 22.4. The number of benzene rings is 2. The van der Waals surface area contributed by atoms with Crippen molar-refractivity contribution in [3.05, 3.63) is 84.1 Å². The first-order chi connectivity index (χ1) is 14.6. The van der Waals surface area contributed by atoms with E-state index in [-0.39, 0.29) is 10.3 Å². The average molecular weight is 434 g/mol. The summed E-state index contributed by atoms with van der Waals surface area (Å²) in [5, 5.41) is 0. The van der Waals surface area contributed by atoms with Crippen LogP contribution in [-0.2, 0) is 15.4 Å². The maximum Gasteiger partial charge on any atom is 0.265 e. The van der Waals surface area contributed by atoms with E-state index >= 15 is 0 Å². The van der Waals surface area contributed by atoms with Gasteiger partial charge in [0.05, 0.1) is 4.90 Å². The van der Waals surface area contributed by atoms with Crippen molar-refractivity contribution in [3.63, 3.8) is 0 Å². The van der Waals surface area contributed by atoms with Gasteiger partial charge in [-0.25, -0.2) is 13.4 Å². The molecule has 0 saturated carbocycles. The number of anilines is 1. The highest BCUT2D eigenvalue weighted by atomic mass is 32.2. The number of hydrogen-bond donors (Lipinski definition) is 0. The first-order valence-electron chi connectivity index (χ1n) is 10.2. The maximum atomic E-state index is 13.4. The van der Waals surface area contributed by atoms with Gasteiger partial charge in [0.25, 0.3) is 10.0 Å². The van der Waals surface area contributed by atoms with Gasteiger partial charge in [0.2, 0.25) is 0 Å². The molecule has 31 heavy (non-hydrogen) atoms. The Morgan fingerprint density at radius 2 is 1.55 bits per heavy atom.